The largest absolute Gasteiger partial charge is 0.387 e. The molecule has 9 nitrogen and oxygen atoms in total. The minimum atomic E-state index is -3.80. The third-order valence-electron chi connectivity index (χ3n) is 4.40. The Morgan fingerprint density at radius 1 is 0.968 bits per heavy atom. The molecule has 0 aliphatic carbocycles. The molecule has 0 aromatic heterocycles. The van der Waals surface area contributed by atoms with Gasteiger partial charge in [-0.15, -0.1) is 0 Å². The smallest absolute Gasteiger partial charge is 0.269 e. The van der Waals surface area contributed by atoms with E-state index in [4.69, 9.17) is 0 Å². The zero-order valence-electron chi connectivity index (χ0n) is 16.1. The Morgan fingerprint density at radius 2 is 1.58 bits per heavy atom. The van der Waals surface area contributed by atoms with Crippen molar-refractivity contribution in [2.45, 2.75) is 11.0 Å². The Bertz CT molecular complexity index is 1160. The van der Waals surface area contributed by atoms with Crippen LogP contribution < -0.4 is 10.0 Å². The van der Waals surface area contributed by atoms with Crippen LogP contribution in [0.4, 0.5) is 11.4 Å². The van der Waals surface area contributed by atoms with Gasteiger partial charge in [-0.2, -0.15) is 0 Å². The second-order valence-electron chi connectivity index (χ2n) is 6.57. The van der Waals surface area contributed by atoms with E-state index in [0.29, 0.717) is 11.3 Å². The van der Waals surface area contributed by atoms with Gasteiger partial charge in [0.15, 0.2) is 0 Å². The van der Waals surface area contributed by atoms with E-state index < -0.39 is 27.0 Å². The minimum Gasteiger partial charge on any atom is -0.387 e. The minimum absolute atomic E-state index is 0.00109. The molecule has 0 heterocycles. The van der Waals surface area contributed by atoms with Crippen LogP contribution in [0.1, 0.15) is 22.0 Å². The number of non-ortho nitro benzene ring substituents is 1. The molecule has 3 rings (SSSR count). The van der Waals surface area contributed by atoms with Gasteiger partial charge in [-0.25, -0.2) is 8.42 Å². The monoisotopic (exact) mass is 441 g/mol. The molecule has 1 unspecified atom stereocenters. The van der Waals surface area contributed by atoms with Crippen LogP contribution in [0.2, 0.25) is 0 Å². The summed E-state index contributed by atoms with van der Waals surface area (Å²) in [6.45, 7) is -0.119. The first-order valence-electron chi connectivity index (χ1n) is 9.15. The van der Waals surface area contributed by atoms with Crippen molar-refractivity contribution in [1.82, 2.24) is 5.32 Å². The van der Waals surface area contributed by atoms with Gasteiger partial charge in [-0.05, 0) is 54.1 Å². The number of nitro groups is 1. The number of aliphatic hydroxyl groups excluding tert-OH is 1. The highest BCUT2D eigenvalue weighted by Crippen LogP contribution is 2.18. The van der Waals surface area contributed by atoms with Gasteiger partial charge in [0.1, 0.15) is 0 Å². The molecule has 0 bridgehead atoms. The Kier molecular flexibility index (Phi) is 6.63. The lowest BCUT2D eigenvalue weighted by Gasteiger charge is -2.12. The molecule has 0 aliphatic heterocycles. The van der Waals surface area contributed by atoms with Crippen LogP contribution in [0.15, 0.2) is 83.8 Å². The summed E-state index contributed by atoms with van der Waals surface area (Å²) >= 11 is 0. The van der Waals surface area contributed by atoms with E-state index >= 15 is 0 Å². The number of rotatable bonds is 8. The first kappa shape index (κ1) is 21.9. The van der Waals surface area contributed by atoms with Crippen LogP contribution in [0.3, 0.4) is 0 Å². The van der Waals surface area contributed by atoms with Crippen LogP contribution in [0.25, 0.3) is 0 Å². The molecule has 160 valence electrons. The van der Waals surface area contributed by atoms with Gasteiger partial charge in [-0.1, -0.05) is 18.2 Å². The van der Waals surface area contributed by atoms with Crippen LogP contribution >= 0.6 is 0 Å². The molecule has 1 amide bonds. The van der Waals surface area contributed by atoms with Crippen molar-refractivity contribution >= 4 is 27.3 Å². The Hall–Kier alpha value is -3.76. The van der Waals surface area contributed by atoms with Gasteiger partial charge in [-0.3, -0.25) is 19.6 Å². The van der Waals surface area contributed by atoms with E-state index in [1.165, 1.54) is 48.5 Å². The van der Waals surface area contributed by atoms with Gasteiger partial charge < -0.3 is 10.4 Å². The number of hydrogen-bond donors (Lipinski definition) is 3. The highest BCUT2D eigenvalue weighted by atomic mass is 32.2. The van der Waals surface area contributed by atoms with Crippen molar-refractivity contribution in [1.29, 1.82) is 0 Å². The molecule has 0 aliphatic rings. The van der Waals surface area contributed by atoms with Gasteiger partial charge in [0.05, 0.1) is 15.9 Å². The van der Waals surface area contributed by atoms with Crippen molar-refractivity contribution in [3.63, 3.8) is 0 Å². The first-order valence-corrected chi connectivity index (χ1v) is 10.6. The van der Waals surface area contributed by atoms with Crippen molar-refractivity contribution in [3.05, 3.63) is 100 Å². The standard InChI is InChI=1S/C21H19N3O6S/c25-20(15-6-10-18(11-7-15)24(27)28)14-22-21(26)16-8-12-19(13-9-16)31(29,30)23-17-4-2-1-3-5-17/h1-13,20,23,25H,14H2,(H,22,26). The molecule has 0 fully saturated rings. The quantitative estimate of drug-likeness (QED) is 0.363. The van der Waals surface area contributed by atoms with Crippen molar-refractivity contribution in [2.75, 3.05) is 11.3 Å². The van der Waals surface area contributed by atoms with E-state index in [9.17, 15) is 28.4 Å². The summed E-state index contributed by atoms with van der Waals surface area (Å²) in [5, 5.41) is 23.4. The Morgan fingerprint density at radius 3 is 2.16 bits per heavy atom. The van der Waals surface area contributed by atoms with E-state index in [1.54, 1.807) is 30.3 Å². The number of aliphatic hydroxyl groups is 1. The van der Waals surface area contributed by atoms with Crippen molar-refractivity contribution < 1.29 is 23.2 Å². The molecule has 0 spiro atoms. The second-order valence-corrected chi connectivity index (χ2v) is 8.25. The molecular formula is C21H19N3O6S. The van der Waals surface area contributed by atoms with E-state index in [1.807, 2.05) is 0 Å². The lowest BCUT2D eigenvalue weighted by Crippen LogP contribution is -2.28. The summed E-state index contributed by atoms with van der Waals surface area (Å²) in [5.74, 6) is -0.499. The summed E-state index contributed by atoms with van der Waals surface area (Å²) in [6.07, 6.45) is -1.06. The number of nitrogens with zero attached hydrogens (tertiary/aromatic N) is 1. The molecule has 3 aromatic rings. The fraction of sp³-hybridized carbons (Fsp3) is 0.0952. The van der Waals surface area contributed by atoms with Crippen LogP contribution in [0, 0.1) is 10.1 Å². The molecule has 0 radical (unpaired) electrons. The third-order valence-corrected chi connectivity index (χ3v) is 5.79. The average Bonchev–Trinajstić information content (AvgIpc) is 2.77. The summed E-state index contributed by atoms with van der Waals surface area (Å²) in [7, 11) is -3.80. The molecule has 10 heteroatoms. The molecule has 1 atom stereocenters. The molecule has 3 aromatic carbocycles. The SMILES string of the molecule is O=C(NCC(O)c1ccc([N+](=O)[O-])cc1)c1ccc(S(=O)(=O)Nc2ccccc2)cc1. The second kappa shape index (κ2) is 9.37. The Balaban J connectivity index is 1.60. The molecule has 3 N–H and O–H groups in total. The number of para-hydroxylation sites is 1. The highest BCUT2D eigenvalue weighted by molar-refractivity contribution is 7.92. The fourth-order valence-corrected chi connectivity index (χ4v) is 3.79. The maximum atomic E-state index is 12.4. The topological polar surface area (TPSA) is 139 Å². The zero-order chi connectivity index (χ0) is 22.4. The summed E-state index contributed by atoms with van der Waals surface area (Å²) < 4.78 is 27.3. The number of nitrogens with one attached hydrogen (secondary N) is 2. The number of sulfonamides is 1. The number of benzene rings is 3. The molecular weight excluding hydrogens is 422 g/mol. The molecule has 0 saturated carbocycles. The average molecular weight is 441 g/mol. The van der Waals surface area contributed by atoms with Crippen molar-refractivity contribution in [3.8, 4) is 0 Å². The van der Waals surface area contributed by atoms with Gasteiger partial charge >= 0.3 is 0 Å². The number of hydrogen-bond acceptors (Lipinski definition) is 6. The number of amides is 1. The summed E-state index contributed by atoms with van der Waals surface area (Å²) in [4.78, 5) is 22.4. The first-order chi connectivity index (χ1) is 14.8. The highest BCUT2D eigenvalue weighted by Gasteiger charge is 2.16. The number of anilines is 1. The lowest BCUT2D eigenvalue weighted by molar-refractivity contribution is -0.384. The van der Waals surface area contributed by atoms with Gasteiger partial charge in [0, 0.05) is 29.9 Å². The van der Waals surface area contributed by atoms with Crippen molar-refractivity contribution in [2.24, 2.45) is 0 Å². The normalized spacial score (nSPS) is 12.0. The van der Waals surface area contributed by atoms with Gasteiger partial charge in [0.25, 0.3) is 21.6 Å². The van der Waals surface area contributed by atoms with Crippen LogP contribution in [-0.2, 0) is 10.0 Å². The van der Waals surface area contributed by atoms with E-state index in [-0.39, 0.29) is 22.7 Å². The van der Waals surface area contributed by atoms with Crippen LogP contribution in [-0.4, -0.2) is 30.9 Å². The summed E-state index contributed by atoms with van der Waals surface area (Å²) in [6, 6.07) is 19.1. The number of carbonyl (C=O) groups excluding carboxylic acids is 1. The third kappa shape index (κ3) is 5.65. The Labute approximate surface area is 178 Å². The lowest BCUT2D eigenvalue weighted by atomic mass is 10.1. The maximum Gasteiger partial charge on any atom is 0.269 e. The zero-order valence-corrected chi connectivity index (χ0v) is 17.0. The molecule has 31 heavy (non-hydrogen) atoms. The predicted molar refractivity (Wildman–Crippen MR) is 114 cm³/mol. The van der Waals surface area contributed by atoms with Gasteiger partial charge in [0.2, 0.25) is 0 Å². The number of nitro benzene ring substituents is 1. The number of carbonyl (C=O) groups is 1. The van der Waals surface area contributed by atoms with E-state index in [0.717, 1.165) is 0 Å². The molecule has 0 saturated heterocycles. The maximum absolute atomic E-state index is 12.4. The fourth-order valence-electron chi connectivity index (χ4n) is 2.73. The van der Waals surface area contributed by atoms with E-state index in [2.05, 4.69) is 10.0 Å². The summed E-state index contributed by atoms with van der Waals surface area (Å²) in [5.41, 5.74) is 0.954. The predicted octanol–water partition coefficient (Wildman–Crippen LogP) is 2.86. The van der Waals surface area contributed by atoms with Crippen LogP contribution in [0.5, 0.6) is 0 Å².